The van der Waals surface area contributed by atoms with Crippen LogP contribution in [0.4, 0.5) is 17.1 Å². The van der Waals surface area contributed by atoms with E-state index in [0.29, 0.717) is 5.56 Å². The van der Waals surface area contributed by atoms with Crippen LogP contribution in [0.1, 0.15) is 83.8 Å². The maximum absolute atomic E-state index is 13.7. The highest BCUT2D eigenvalue weighted by atomic mass is 16.6. The lowest BCUT2D eigenvalue weighted by Crippen LogP contribution is -2.33. The third-order valence-corrected chi connectivity index (χ3v) is 6.91. The molecule has 0 aliphatic carbocycles. The summed E-state index contributed by atoms with van der Waals surface area (Å²) in [7, 11) is 0. The minimum Gasteiger partial charge on any atom is -0.440 e. The highest BCUT2D eigenvalue weighted by Gasteiger charge is 2.52. The van der Waals surface area contributed by atoms with Crippen molar-refractivity contribution in [3.05, 3.63) is 87.5 Å². The van der Waals surface area contributed by atoms with Crippen molar-refractivity contribution in [2.24, 2.45) is 0 Å². The number of benzene rings is 3. The van der Waals surface area contributed by atoms with Crippen molar-refractivity contribution >= 4 is 23.0 Å². The van der Waals surface area contributed by atoms with Crippen LogP contribution in [0.25, 0.3) is 0 Å². The molecule has 1 heterocycles. The number of aryl methyl sites for hydroxylation is 3. The topological polar surface area (TPSA) is 62.4 Å². The second-order valence-electron chi connectivity index (χ2n) is 10.2. The molecule has 5 heteroatoms. The van der Waals surface area contributed by atoms with E-state index in [1.807, 2.05) is 13.0 Å². The molecule has 196 valence electrons. The average molecular weight is 500 g/mol. The molecule has 0 unspecified atom stereocenters. The highest BCUT2D eigenvalue weighted by Crippen LogP contribution is 2.54. The number of carbonyl (C=O) groups is 1. The van der Waals surface area contributed by atoms with Gasteiger partial charge in [0.2, 0.25) is 0 Å². The van der Waals surface area contributed by atoms with E-state index in [1.54, 1.807) is 0 Å². The molecule has 3 aromatic carbocycles. The molecule has 1 aliphatic rings. The van der Waals surface area contributed by atoms with Crippen LogP contribution in [-0.2, 0) is 10.3 Å². The number of cyclic esters (lactones) is 1. The summed E-state index contributed by atoms with van der Waals surface area (Å²) in [5.74, 6) is -0.290. The van der Waals surface area contributed by atoms with E-state index in [9.17, 15) is 4.79 Å². The zero-order chi connectivity index (χ0) is 26.6. The van der Waals surface area contributed by atoms with E-state index in [-0.39, 0.29) is 5.97 Å². The van der Waals surface area contributed by atoms with Gasteiger partial charge in [0.1, 0.15) is 0 Å². The first kappa shape index (κ1) is 26.6. The minimum atomic E-state index is -1.11. The van der Waals surface area contributed by atoms with Gasteiger partial charge in [-0.3, -0.25) is 0 Å². The van der Waals surface area contributed by atoms with Gasteiger partial charge in [-0.1, -0.05) is 45.0 Å². The summed E-state index contributed by atoms with van der Waals surface area (Å²) in [6.07, 6.45) is 2.96. The number of nitrogens with one attached hydrogen (secondary N) is 3. The monoisotopic (exact) mass is 499 g/mol. The van der Waals surface area contributed by atoms with Gasteiger partial charge >= 0.3 is 5.97 Å². The average Bonchev–Trinajstić information content (AvgIpc) is 3.17. The zero-order valence-corrected chi connectivity index (χ0v) is 23.2. The molecule has 0 saturated carbocycles. The van der Waals surface area contributed by atoms with Gasteiger partial charge in [-0.2, -0.15) is 0 Å². The molecule has 5 nitrogen and oxygen atoms in total. The van der Waals surface area contributed by atoms with Gasteiger partial charge in [-0.05, 0) is 81.0 Å². The third kappa shape index (κ3) is 5.04. The van der Waals surface area contributed by atoms with Gasteiger partial charge < -0.3 is 20.7 Å². The molecule has 0 amide bonds. The minimum absolute atomic E-state index is 0.290. The Morgan fingerprint density at radius 3 is 1.59 bits per heavy atom. The lowest BCUT2D eigenvalue weighted by atomic mass is 9.76. The van der Waals surface area contributed by atoms with Crippen molar-refractivity contribution < 1.29 is 9.53 Å². The van der Waals surface area contributed by atoms with Crippen molar-refractivity contribution in [1.82, 2.24) is 0 Å². The van der Waals surface area contributed by atoms with Crippen molar-refractivity contribution in [2.75, 3.05) is 35.6 Å². The Bertz CT molecular complexity index is 1220. The molecule has 3 aromatic rings. The molecule has 0 bridgehead atoms. The van der Waals surface area contributed by atoms with Crippen LogP contribution in [0.5, 0.6) is 0 Å². The van der Waals surface area contributed by atoms with Crippen molar-refractivity contribution in [3.8, 4) is 0 Å². The molecule has 3 N–H and O–H groups in total. The quantitative estimate of drug-likeness (QED) is 0.238. The Kier molecular flexibility index (Phi) is 8.11. The van der Waals surface area contributed by atoms with Crippen LogP contribution in [0.15, 0.2) is 48.5 Å². The van der Waals surface area contributed by atoms with Crippen molar-refractivity contribution in [1.29, 1.82) is 0 Å². The van der Waals surface area contributed by atoms with Crippen LogP contribution in [0.2, 0.25) is 0 Å². The lowest BCUT2D eigenvalue weighted by molar-refractivity contribution is 0.0257. The molecular weight excluding hydrogens is 458 g/mol. The van der Waals surface area contributed by atoms with Crippen molar-refractivity contribution in [3.63, 3.8) is 0 Å². The molecule has 37 heavy (non-hydrogen) atoms. The Morgan fingerprint density at radius 1 is 0.649 bits per heavy atom. The van der Waals surface area contributed by atoms with Gasteiger partial charge in [-0.15, -0.1) is 0 Å². The molecule has 0 atom stereocenters. The molecule has 0 saturated heterocycles. The first-order valence-corrected chi connectivity index (χ1v) is 13.7. The first-order chi connectivity index (χ1) is 17.8. The number of ether oxygens (including phenoxy) is 1. The first-order valence-electron chi connectivity index (χ1n) is 13.7. The predicted molar refractivity (Wildman–Crippen MR) is 155 cm³/mol. The maximum Gasteiger partial charge on any atom is 0.340 e. The second kappa shape index (κ2) is 11.3. The van der Waals surface area contributed by atoms with Crippen LogP contribution < -0.4 is 16.0 Å². The fourth-order valence-corrected chi connectivity index (χ4v) is 5.24. The van der Waals surface area contributed by atoms with E-state index >= 15 is 0 Å². The standard InChI is InChI=1S/C32H41N3O2/c1-7-14-33-27-18-21(4)10-12-25(27)32(26-13-11-22(5)19-28(26)34-15-8-2)30-24(31(36)37-32)17-23(6)20-29(30)35-16-9-3/h10-13,17-20,33-35H,7-9,14-16H2,1-6H3. The van der Waals surface area contributed by atoms with Gasteiger partial charge in [0.25, 0.3) is 0 Å². The number of anilines is 3. The fourth-order valence-electron chi connectivity index (χ4n) is 5.24. The molecule has 0 aromatic heterocycles. The summed E-state index contributed by atoms with van der Waals surface area (Å²) in [6, 6.07) is 16.9. The summed E-state index contributed by atoms with van der Waals surface area (Å²) in [5, 5.41) is 10.9. The Morgan fingerprint density at radius 2 is 1.11 bits per heavy atom. The lowest BCUT2D eigenvalue weighted by Gasteiger charge is -2.35. The molecule has 0 radical (unpaired) electrons. The zero-order valence-electron chi connectivity index (χ0n) is 23.2. The van der Waals surface area contributed by atoms with E-state index < -0.39 is 5.60 Å². The van der Waals surface area contributed by atoms with Gasteiger partial charge in [0.15, 0.2) is 5.60 Å². The summed E-state index contributed by atoms with van der Waals surface area (Å²) in [5.41, 5.74) is 8.59. The molecule has 1 aliphatic heterocycles. The summed E-state index contributed by atoms with van der Waals surface area (Å²) in [6.45, 7) is 15.2. The molecule has 0 fully saturated rings. The Labute approximate surface area is 222 Å². The summed E-state index contributed by atoms with van der Waals surface area (Å²) in [4.78, 5) is 13.7. The van der Waals surface area contributed by atoms with E-state index in [2.05, 4.69) is 93.0 Å². The van der Waals surface area contributed by atoms with E-state index in [4.69, 9.17) is 4.74 Å². The van der Waals surface area contributed by atoms with Gasteiger partial charge in [0.05, 0.1) is 5.56 Å². The predicted octanol–water partition coefficient (Wildman–Crippen LogP) is 7.54. The van der Waals surface area contributed by atoms with E-state index in [1.165, 1.54) is 0 Å². The number of fused-ring (bicyclic) bond motifs is 1. The number of hydrogen-bond acceptors (Lipinski definition) is 5. The second-order valence-corrected chi connectivity index (χ2v) is 10.2. The molecular formula is C32H41N3O2. The van der Waals surface area contributed by atoms with Crippen LogP contribution >= 0.6 is 0 Å². The van der Waals surface area contributed by atoms with Crippen LogP contribution in [-0.4, -0.2) is 25.6 Å². The Balaban J connectivity index is 2.12. The van der Waals surface area contributed by atoms with E-state index in [0.717, 1.165) is 89.3 Å². The number of esters is 1. The van der Waals surface area contributed by atoms with Crippen molar-refractivity contribution in [2.45, 2.75) is 66.4 Å². The third-order valence-electron chi connectivity index (χ3n) is 6.91. The molecule has 4 rings (SSSR count). The van der Waals surface area contributed by atoms with Crippen LogP contribution in [0, 0.1) is 20.8 Å². The largest absolute Gasteiger partial charge is 0.440 e. The van der Waals surface area contributed by atoms with Gasteiger partial charge in [0, 0.05) is 53.4 Å². The number of carbonyl (C=O) groups excluding carboxylic acids is 1. The van der Waals surface area contributed by atoms with Crippen LogP contribution in [0.3, 0.4) is 0 Å². The highest BCUT2D eigenvalue weighted by molar-refractivity contribution is 6.00. The number of rotatable bonds is 11. The fraction of sp³-hybridized carbons (Fsp3) is 0.406. The SMILES string of the molecule is CCCNc1cc(C)ccc1C1(c2ccc(C)cc2NCCC)OC(=O)c2cc(C)cc(NCCC)c21. The summed E-state index contributed by atoms with van der Waals surface area (Å²) >= 11 is 0. The smallest absolute Gasteiger partial charge is 0.340 e. The maximum atomic E-state index is 13.7. The normalized spacial score (nSPS) is 13.7. The summed E-state index contributed by atoms with van der Waals surface area (Å²) < 4.78 is 6.63. The van der Waals surface area contributed by atoms with Gasteiger partial charge in [-0.25, -0.2) is 4.79 Å². The number of hydrogen-bond donors (Lipinski definition) is 3. The molecule has 0 spiro atoms. The Hall–Kier alpha value is -3.47.